The van der Waals surface area contributed by atoms with Gasteiger partial charge in [-0.2, -0.15) is 0 Å². The lowest BCUT2D eigenvalue weighted by Gasteiger charge is -2.09. The second kappa shape index (κ2) is 5.18. The molecule has 0 amide bonds. The van der Waals surface area contributed by atoms with Crippen LogP contribution in [-0.2, 0) is 0 Å². The third-order valence-electron chi connectivity index (χ3n) is 2.71. The fourth-order valence-electron chi connectivity index (χ4n) is 1.77. The average Bonchev–Trinajstić information content (AvgIpc) is 2.05. The molecule has 12 heavy (non-hydrogen) atoms. The molecule has 0 aromatic carbocycles. The summed E-state index contributed by atoms with van der Waals surface area (Å²) < 4.78 is 0. The molecule has 1 rings (SSSR count). The standard InChI is InChI=1S/C12H20/c1-3-11-7-5-9-12(4-2)10-6-8-11/h7,10H,3-6,8-9H2,1-2H3. The summed E-state index contributed by atoms with van der Waals surface area (Å²) in [4.78, 5) is 0. The van der Waals surface area contributed by atoms with Crippen molar-refractivity contribution in [3.05, 3.63) is 23.3 Å². The van der Waals surface area contributed by atoms with E-state index in [0.29, 0.717) is 0 Å². The van der Waals surface area contributed by atoms with Gasteiger partial charge in [-0.15, -0.1) is 0 Å². The first-order chi connectivity index (χ1) is 5.86. The van der Waals surface area contributed by atoms with Crippen molar-refractivity contribution in [3.63, 3.8) is 0 Å². The molecular formula is C12H20. The summed E-state index contributed by atoms with van der Waals surface area (Å²) in [5.41, 5.74) is 3.31. The smallest absolute Gasteiger partial charge is 0.0286 e. The van der Waals surface area contributed by atoms with Crippen molar-refractivity contribution in [3.8, 4) is 0 Å². The van der Waals surface area contributed by atoms with Crippen LogP contribution in [-0.4, -0.2) is 0 Å². The topological polar surface area (TPSA) is 0 Å². The Balaban J connectivity index is 2.47. The van der Waals surface area contributed by atoms with Crippen LogP contribution < -0.4 is 0 Å². The Labute approximate surface area is 76.4 Å². The summed E-state index contributed by atoms with van der Waals surface area (Å²) in [5, 5.41) is 0. The van der Waals surface area contributed by atoms with Gasteiger partial charge in [0.05, 0.1) is 0 Å². The van der Waals surface area contributed by atoms with Crippen LogP contribution in [0.2, 0.25) is 0 Å². The zero-order chi connectivity index (χ0) is 8.81. The van der Waals surface area contributed by atoms with E-state index in [1.165, 1.54) is 38.5 Å². The summed E-state index contributed by atoms with van der Waals surface area (Å²) >= 11 is 0. The van der Waals surface area contributed by atoms with Gasteiger partial charge in [-0.1, -0.05) is 37.1 Å². The van der Waals surface area contributed by atoms with Gasteiger partial charge in [0.25, 0.3) is 0 Å². The van der Waals surface area contributed by atoms with Crippen LogP contribution in [0.5, 0.6) is 0 Å². The van der Waals surface area contributed by atoms with E-state index in [0.717, 1.165) is 0 Å². The molecule has 0 heterocycles. The lowest BCUT2D eigenvalue weighted by atomic mass is 9.97. The highest BCUT2D eigenvalue weighted by Crippen LogP contribution is 2.20. The van der Waals surface area contributed by atoms with Crippen LogP contribution >= 0.6 is 0 Å². The molecule has 0 unspecified atom stereocenters. The van der Waals surface area contributed by atoms with E-state index in [2.05, 4.69) is 26.0 Å². The molecule has 0 fully saturated rings. The van der Waals surface area contributed by atoms with Crippen LogP contribution in [0.4, 0.5) is 0 Å². The summed E-state index contributed by atoms with van der Waals surface area (Å²) in [6.07, 6.45) is 12.5. The van der Waals surface area contributed by atoms with Crippen molar-refractivity contribution in [2.45, 2.75) is 52.4 Å². The summed E-state index contributed by atoms with van der Waals surface area (Å²) in [6, 6.07) is 0. The Hall–Kier alpha value is -0.520. The fraction of sp³-hybridized carbons (Fsp3) is 0.667. The van der Waals surface area contributed by atoms with Gasteiger partial charge in [-0.3, -0.25) is 0 Å². The molecule has 0 heteroatoms. The van der Waals surface area contributed by atoms with Gasteiger partial charge < -0.3 is 0 Å². The fourth-order valence-corrected chi connectivity index (χ4v) is 1.77. The Morgan fingerprint density at radius 1 is 0.917 bits per heavy atom. The van der Waals surface area contributed by atoms with Gasteiger partial charge in [-0.25, -0.2) is 0 Å². The summed E-state index contributed by atoms with van der Waals surface area (Å²) in [6.45, 7) is 4.52. The maximum atomic E-state index is 2.45. The van der Waals surface area contributed by atoms with Crippen LogP contribution in [0, 0.1) is 0 Å². The molecule has 0 aromatic rings. The van der Waals surface area contributed by atoms with Gasteiger partial charge in [0.1, 0.15) is 0 Å². The molecule has 0 spiro atoms. The molecule has 0 atom stereocenters. The first-order valence-corrected chi connectivity index (χ1v) is 5.22. The molecule has 0 radical (unpaired) electrons. The largest absolute Gasteiger partial charge is 0.0850 e. The highest BCUT2D eigenvalue weighted by atomic mass is 14.1. The maximum Gasteiger partial charge on any atom is -0.0286 e. The minimum atomic E-state index is 1.25. The maximum absolute atomic E-state index is 2.45. The number of hydrogen-bond donors (Lipinski definition) is 0. The van der Waals surface area contributed by atoms with Gasteiger partial charge in [0.2, 0.25) is 0 Å². The first kappa shape index (κ1) is 9.57. The van der Waals surface area contributed by atoms with Gasteiger partial charge >= 0.3 is 0 Å². The van der Waals surface area contributed by atoms with E-state index in [9.17, 15) is 0 Å². The van der Waals surface area contributed by atoms with Crippen LogP contribution in [0.15, 0.2) is 23.3 Å². The quantitative estimate of drug-likeness (QED) is 0.536. The van der Waals surface area contributed by atoms with Crippen LogP contribution in [0.25, 0.3) is 0 Å². The molecular weight excluding hydrogens is 144 g/mol. The average molecular weight is 164 g/mol. The second-order valence-corrected chi connectivity index (χ2v) is 3.51. The molecule has 0 bridgehead atoms. The monoisotopic (exact) mass is 164 g/mol. The van der Waals surface area contributed by atoms with Crippen molar-refractivity contribution in [2.75, 3.05) is 0 Å². The second-order valence-electron chi connectivity index (χ2n) is 3.51. The Bertz CT molecular complexity index is 162. The van der Waals surface area contributed by atoms with Crippen molar-refractivity contribution in [2.24, 2.45) is 0 Å². The highest BCUT2D eigenvalue weighted by Gasteiger charge is 2.00. The Kier molecular flexibility index (Phi) is 4.13. The molecule has 1 aliphatic rings. The van der Waals surface area contributed by atoms with E-state index in [4.69, 9.17) is 0 Å². The normalized spacial score (nSPS) is 19.2. The third kappa shape index (κ3) is 2.84. The lowest BCUT2D eigenvalue weighted by molar-refractivity contribution is 0.816. The minimum absolute atomic E-state index is 1.25. The predicted molar refractivity (Wildman–Crippen MR) is 55.2 cm³/mol. The molecule has 1 aliphatic carbocycles. The molecule has 0 saturated heterocycles. The Morgan fingerprint density at radius 3 is 1.67 bits per heavy atom. The third-order valence-corrected chi connectivity index (χ3v) is 2.71. The molecule has 0 aliphatic heterocycles. The van der Waals surface area contributed by atoms with Crippen LogP contribution in [0.1, 0.15) is 52.4 Å². The van der Waals surface area contributed by atoms with E-state index in [1.54, 1.807) is 11.1 Å². The predicted octanol–water partition coefficient (Wildman–Crippen LogP) is 4.23. The zero-order valence-electron chi connectivity index (χ0n) is 8.40. The molecule has 0 N–H and O–H groups in total. The highest BCUT2D eigenvalue weighted by molar-refractivity contribution is 5.11. The van der Waals surface area contributed by atoms with Gasteiger partial charge in [0, 0.05) is 0 Å². The van der Waals surface area contributed by atoms with Gasteiger partial charge in [0.15, 0.2) is 0 Å². The van der Waals surface area contributed by atoms with Crippen LogP contribution in [0.3, 0.4) is 0 Å². The lowest BCUT2D eigenvalue weighted by Crippen LogP contribution is -1.89. The van der Waals surface area contributed by atoms with Crippen molar-refractivity contribution >= 4 is 0 Å². The van der Waals surface area contributed by atoms with E-state index in [1.807, 2.05) is 0 Å². The molecule has 68 valence electrons. The number of allylic oxidation sites excluding steroid dienone is 4. The zero-order valence-corrected chi connectivity index (χ0v) is 8.40. The van der Waals surface area contributed by atoms with Crippen molar-refractivity contribution in [1.29, 1.82) is 0 Å². The first-order valence-electron chi connectivity index (χ1n) is 5.22. The van der Waals surface area contributed by atoms with Crippen molar-refractivity contribution in [1.82, 2.24) is 0 Å². The molecule has 0 aromatic heterocycles. The summed E-state index contributed by atoms with van der Waals surface area (Å²) in [7, 11) is 0. The SMILES string of the molecule is CCC1=CCCC(CC)=CCC1. The summed E-state index contributed by atoms with van der Waals surface area (Å²) in [5.74, 6) is 0. The Morgan fingerprint density at radius 2 is 1.33 bits per heavy atom. The van der Waals surface area contributed by atoms with Gasteiger partial charge in [-0.05, 0) is 38.5 Å². The van der Waals surface area contributed by atoms with E-state index in [-0.39, 0.29) is 0 Å². The number of rotatable bonds is 2. The number of hydrogen-bond acceptors (Lipinski definition) is 0. The van der Waals surface area contributed by atoms with E-state index < -0.39 is 0 Å². The minimum Gasteiger partial charge on any atom is -0.0850 e. The molecule has 0 saturated carbocycles. The van der Waals surface area contributed by atoms with E-state index >= 15 is 0 Å². The molecule has 0 nitrogen and oxygen atoms in total. The van der Waals surface area contributed by atoms with Crippen molar-refractivity contribution < 1.29 is 0 Å².